The van der Waals surface area contributed by atoms with E-state index in [4.69, 9.17) is 5.73 Å². The number of benzene rings is 2. The molecule has 0 aliphatic heterocycles. The second-order valence-corrected chi connectivity index (χ2v) is 6.41. The van der Waals surface area contributed by atoms with E-state index in [9.17, 15) is 4.79 Å². The average molecular weight is 344 g/mol. The lowest BCUT2D eigenvalue weighted by atomic mass is 10.0. The Morgan fingerprint density at radius 3 is 2.69 bits per heavy atom. The summed E-state index contributed by atoms with van der Waals surface area (Å²) in [7, 11) is 0. The molecule has 5 heteroatoms. The fourth-order valence-corrected chi connectivity index (χ4v) is 3.19. The van der Waals surface area contributed by atoms with Gasteiger partial charge in [0.1, 0.15) is 0 Å². The Kier molecular flexibility index (Phi) is 4.05. The van der Waals surface area contributed by atoms with Gasteiger partial charge in [0.2, 0.25) is 5.91 Å². The van der Waals surface area contributed by atoms with Gasteiger partial charge in [0.25, 0.3) is 0 Å². The molecule has 0 atom stereocenters. The number of aromatic nitrogens is 3. The van der Waals surface area contributed by atoms with Crippen LogP contribution in [0.15, 0.2) is 61.1 Å². The first-order valence-corrected chi connectivity index (χ1v) is 8.66. The second-order valence-electron chi connectivity index (χ2n) is 6.41. The fraction of sp³-hybridized carbons (Fsp3) is 0.143. The Hall–Kier alpha value is -3.34. The number of amides is 1. The van der Waals surface area contributed by atoms with Crippen LogP contribution in [0.1, 0.15) is 18.1 Å². The Morgan fingerprint density at radius 1 is 1.15 bits per heavy atom. The van der Waals surface area contributed by atoms with Crippen LogP contribution in [0.3, 0.4) is 0 Å². The highest BCUT2D eigenvalue weighted by atomic mass is 16.1. The predicted octanol–water partition coefficient (Wildman–Crippen LogP) is 3.61. The molecule has 0 spiro atoms. The molecule has 0 saturated heterocycles. The zero-order valence-electron chi connectivity index (χ0n) is 14.6. The first kappa shape index (κ1) is 16.1. The van der Waals surface area contributed by atoms with Crippen molar-refractivity contribution in [2.24, 2.45) is 5.73 Å². The van der Waals surface area contributed by atoms with Gasteiger partial charge < -0.3 is 10.7 Å². The Bertz CT molecular complexity index is 1070. The van der Waals surface area contributed by atoms with Crippen LogP contribution in [-0.4, -0.2) is 20.7 Å². The van der Waals surface area contributed by atoms with E-state index in [1.807, 2.05) is 29.3 Å². The van der Waals surface area contributed by atoms with Gasteiger partial charge in [0.05, 0.1) is 18.3 Å². The normalized spacial score (nSPS) is 11.1. The number of aromatic amines is 1. The summed E-state index contributed by atoms with van der Waals surface area (Å²) in [5.41, 5.74) is 11.7. The van der Waals surface area contributed by atoms with E-state index >= 15 is 0 Å². The fourth-order valence-electron chi connectivity index (χ4n) is 3.19. The highest BCUT2D eigenvalue weighted by molar-refractivity contribution is 5.91. The van der Waals surface area contributed by atoms with Crippen molar-refractivity contribution >= 4 is 16.8 Å². The zero-order valence-corrected chi connectivity index (χ0v) is 14.6. The summed E-state index contributed by atoms with van der Waals surface area (Å²) in [6.45, 7) is 2.14. The van der Waals surface area contributed by atoms with E-state index in [1.165, 1.54) is 5.56 Å². The van der Waals surface area contributed by atoms with Crippen molar-refractivity contribution in [3.8, 4) is 16.8 Å². The van der Waals surface area contributed by atoms with Gasteiger partial charge in [0.15, 0.2) is 0 Å². The third kappa shape index (κ3) is 2.99. The molecule has 0 aliphatic rings. The van der Waals surface area contributed by atoms with Crippen molar-refractivity contribution in [1.82, 2.24) is 14.8 Å². The number of hydrogen-bond donors (Lipinski definition) is 2. The number of nitrogens with two attached hydrogens (primary N) is 1. The van der Waals surface area contributed by atoms with Crippen LogP contribution in [0, 0.1) is 0 Å². The zero-order chi connectivity index (χ0) is 18.1. The van der Waals surface area contributed by atoms with Crippen molar-refractivity contribution < 1.29 is 4.79 Å². The quantitative estimate of drug-likeness (QED) is 0.580. The Morgan fingerprint density at radius 2 is 1.96 bits per heavy atom. The maximum absolute atomic E-state index is 11.3. The largest absolute Gasteiger partial charge is 0.369 e. The van der Waals surface area contributed by atoms with Crippen LogP contribution >= 0.6 is 0 Å². The summed E-state index contributed by atoms with van der Waals surface area (Å²) in [5.74, 6) is -0.334. The Labute approximate surface area is 151 Å². The third-order valence-corrected chi connectivity index (χ3v) is 4.66. The lowest BCUT2D eigenvalue weighted by Gasteiger charge is -2.03. The van der Waals surface area contributed by atoms with E-state index in [1.54, 1.807) is 0 Å². The molecular weight excluding hydrogens is 324 g/mol. The molecule has 0 bridgehead atoms. The summed E-state index contributed by atoms with van der Waals surface area (Å²) in [6, 6.07) is 14.5. The van der Waals surface area contributed by atoms with Crippen LogP contribution in [-0.2, 0) is 17.6 Å². The molecule has 2 aromatic heterocycles. The van der Waals surface area contributed by atoms with Crippen LogP contribution in [0.2, 0.25) is 0 Å². The smallest absolute Gasteiger partial charge is 0.221 e. The lowest BCUT2D eigenvalue weighted by molar-refractivity contribution is -0.117. The number of hydrogen-bond acceptors (Lipinski definition) is 2. The van der Waals surface area contributed by atoms with Gasteiger partial charge in [-0.05, 0) is 47.4 Å². The molecule has 0 unspecified atom stereocenters. The van der Waals surface area contributed by atoms with Crippen molar-refractivity contribution in [3.05, 3.63) is 72.2 Å². The number of nitrogens with zero attached hydrogens (tertiary/aromatic N) is 2. The minimum atomic E-state index is -0.334. The van der Waals surface area contributed by atoms with Gasteiger partial charge in [0, 0.05) is 28.9 Å². The topological polar surface area (TPSA) is 76.7 Å². The molecule has 5 nitrogen and oxygen atoms in total. The molecule has 0 radical (unpaired) electrons. The molecule has 1 amide bonds. The molecular formula is C21H20N4O. The average Bonchev–Trinajstić information content (AvgIpc) is 3.29. The monoisotopic (exact) mass is 344 g/mol. The number of aryl methyl sites for hydroxylation is 1. The summed E-state index contributed by atoms with van der Waals surface area (Å²) in [5, 5.41) is 5.51. The number of primary amides is 1. The van der Waals surface area contributed by atoms with Crippen LogP contribution in [0.5, 0.6) is 0 Å². The molecule has 2 heterocycles. The molecule has 3 N–H and O–H groups in total. The number of carbonyl (C=O) groups excluding carboxylic acids is 1. The highest BCUT2D eigenvalue weighted by Gasteiger charge is 2.09. The SMILES string of the molecule is CCc1ccc(-n2cc(-c3ccc4[nH]cc(CC(N)=O)c4c3)cn2)cc1. The molecule has 4 aromatic rings. The van der Waals surface area contributed by atoms with Gasteiger partial charge in [-0.15, -0.1) is 0 Å². The summed E-state index contributed by atoms with van der Waals surface area (Å²) in [4.78, 5) is 14.5. The van der Waals surface area contributed by atoms with Gasteiger partial charge in [-0.25, -0.2) is 4.68 Å². The van der Waals surface area contributed by atoms with E-state index in [0.717, 1.165) is 39.7 Å². The van der Waals surface area contributed by atoms with Crippen LogP contribution in [0.25, 0.3) is 27.7 Å². The standard InChI is InChI=1S/C21H20N4O/c1-2-14-3-6-18(7-4-14)25-13-17(12-24-25)15-5-8-20-19(9-15)16(11-23-20)10-21(22)26/h3-9,11-13,23H,2,10H2,1H3,(H2,22,26). The van der Waals surface area contributed by atoms with E-state index < -0.39 is 0 Å². The molecule has 0 aliphatic carbocycles. The first-order valence-electron chi connectivity index (χ1n) is 8.66. The van der Waals surface area contributed by atoms with Crippen molar-refractivity contribution in [3.63, 3.8) is 0 Å². The first-order chi connectivity index (χ1) is 12.6. The van der Waals surface area contributed by atoms with E-state index in [0.29, 0.717) is 0 Å². The summed E-state index contributed by atoms with van der Waals surface area (Å²) in [6.07, 6.45) is 6.97. The minimum Gasteiger partial charge on any atom is -0.369 e. The number of nitrogens with one attached hydrogen (secondary N) is 1. The van der Waals surface area contributed by atoms with Gasteiger partial charge in [-0.2, -0.15) is 5.10 Å². The van der Waals surface area contributed by atoms with Gasteiger partial charge >= 0.3 is 0 Å². The summed E-state index contributed by atoms with van der Waals surface area (Å²) < 4.78 is 1.88. The second kappa shape index (κ2) is 6.52. The molecule has 26 heavy (non-hydrogen) atoms. The molecule has 2 aromatic carbocycles. The van der Waals surface area contributed by atoms with Crippen molar-refractivity contribution in [1.29, 1.82) is 0 Å². The minimum absolute atomic E-state index is 0.229. The van der Waals surface area contributed by atoms with Crippen molar-refractivity contribution in [2.45, 2.75) is 19.8 Å². The summed E-state index contributed by atoms with van der Waals surface area (Å²) >= 11 is 0. The number of carbonyl (C=O) groups is 1. The van der Waals surface area contributed by atoms with E-state index in [2.05, 4.69) is 53.4 Å². The van der Waals surface area contributed by atoms with Crippen molar-refractivity contribution in [2.75, 3.05) is 0 Å². The Balaban J connectivity index is 1.69. The maximum Gasteiger partial charge on any atom is 0.221 e. The lowest BCUT2D eigenvalue weighted by Crippen LogP contribution is -2.13. The van der Waals surface area contributed by atoms with E-state index in [-0.39, 0.29) is 12.3 Å². The van der Waals surface area contributed by atoms with Crippen LogP contribution < -0.4 is 5.73 Å². The molecule has 4 rings (SSSR count). The molecule has 0 saturated carbocycles. The number of rotatable bonds is 5. The molecule has 130 valence electrons. The van der Waals surface area contributed by atoms with Gasteiger partial charge in [-0.3, -0.25) is 4.79 Å². The van der Waals surface area contributed by atoms with Crippen LogP contribution in [0.4, 0.5) is 0 Å². The predicted molar refractivity (Wildman–Crippen MR) is 103 cm³/mol. The van der Waals surface area contributed by atoms with Gasteiger partial charge in [-0.1, -0.05) is 25.1 Å². The third-order valence-electron chi connectivity index (χ3n) is 4.66. The molecule has 0 fully saturated rings. The highest BCUT2D eigenvalue weighted by Crippen LogP contribution is 2.27. The number of fused-ring (bicyclic) bond motifs is 1. The maximum atomic E-state index is 11.3. The number of H-pyrrole nitrogens is 1.